The Hall–Kier alpha value is -3.20. The molecule has 0 saturated carbocycles. The van der Waals surface area contributed by atoms with Crippen LogP contribution in [-0.2, 0) is 17.8 Å². The Bertz CT molecular complexity index is 1120. The van der Waals surface area contributed by atoms with Crippen LogP contribution in [0.1, 0.15) is 45.0 Å². The van der Waals surface area contributed by atoms with Crippen LogP contribution >= 0.6 is 11.8 Å². The second-order valence-electron chi connectivity index (χ2n) is 8.37. The van der Waals surface area contributed by atoms with Crippen molar-refractivity contribution in [3.63, 3.8) is 0 Å². The van der Waals surface area contributed by atoms with Gasteiger partial charge in [0.1, 0.15) is 17.9 Å². The molecule has 2 aromatic rings. The smallest absolute Gasteiger partial charge is 0.146 e. The zero-order valence-corrected chi connectivity index (χ0v) is 20.8. The van der Waals surface area contributed by atoms with Gasteiger partial charge in [0.25, 0.3) is 0 Å². The highest BCUT2D eigenvalue weighted by Crippen LogP contribution is 2.41. The summed E-state index contributed by atoms with van der Waals surface area (Å²) in [4.78, 5) is 18.4. The highest BCUT2D eigenvalue weighted by Gasteiger charge is 2.23. The number of thioether (sulfide) groups is 1. The normalized spacial score (nSPS) is 17.4. The summed E-state index contributed by atoms with van der Waals surface area (Å²) in [5, 5.41) is 13.4. The fourth-order valence-electron chi connectivity index (χ4n) is 3.69. The Balaban J connectivity index is 1.89. The van der Waals surface area contributed by atoms with Crippen LogP contribution in [0.2, 0.25) is 0 Å². The van der Waals surface area contributed by atoms with Gasteiger partial charge in [0.2, 0.25) is 0 Å². The van der Waals surface area contributed by atoms with Gasteiger partial charge in [0, 0.05) is 41.8 Å². The molecule has 7 nitrogen and oxygen atoms in total. The first-order chi connectivity index (χ1) is 16.3. The molecular formula is C25H31FN6OS. The second-order valence-corrected chi connectivity index (χ2v) is 9.51. The molecule has 1 unspecified atom stereocenters. The van der Waals surface area contributed by atoms with Gasteiger partial charge in [-0.3, -0.25) is 14.9 Å². The molecule has 0 aromatic carbocycles. The number of nitrogens with zero attached hydrogens (tertiary/aromatic N) is 4. The zero-order valence-electron chi connectivity index (χ0n) is 20.0. The largest absolute Gasteiger partial charge is 0.384 e. The monoisotopic (exact) mass is 482 g/mol. The lowest BCUT2D eigenvalue weighted by molar-refractivity contribution is -0.105. The number of pyridine rings is 1. The summed E-state index contributed by atoms with van der Waals surface area (Å²) >= 11 is 1.66. The molecule has 1 aliphatic rings. The van der Waals surface area contributed by atoms with E-state index in [1.54, 1.807) is 30.0 Å². The van der Waals surface area contributed by atoms with Gasteiger partial charge in [0.15, 0.2) is 0 Å². The fraction of sp³-hybridized carbons (Fsp3) is 0.360. The van der Waals surface area contributed by atoms with E-state index >= 15 is 0 Å². The van der Waals surface area contributed by atoms with Crippen molar-refractivity contribution in [3.05, 3.63) is 74.2 Å². The van der Waals surface area contributed by atoms with Gasteiger partial charge >= 0.3 is 0 Å². The van der Waals surface area contributed by atoms with Crippen LogP contribution in [0, 0.1) is 11.7 Å². The first-order valence-electron chi connectivity index (χ1n) is 11.2. The molecule has 0 radical (unpaired) electrons. The fourth-order valence-corrected chi connectivity index (χ4v) is 4.94. The standard InChI is InChI=1S/C25H31FN6OS/c1-5-22(12-20-8-9-28-31-20)34-25-17(3)16(2)6-7-18(15-33)23(25)13-29-32(4)14-21-10-19(26)11-24(27)30-21/h5,8-11,13,15-16H,6-7,12,14H2,1-4H3,(H2,27,30)(H,28,31)/b22-5+,29-13-. The van der Waals surface area contributed by atoms with Gasteiger partial charge < -0.3 is 5.73 Å². The molecule has 0 fully saturated rings. The first kappa shape index (κ1) is 25.4. The number of allylic oxidation sites excluding steroid dienone is 5. The molecule has 3 rings (SSSR count). The average molecular weight is 483 g/mol. The lowest BCUT2D eigenvalue weighted by Crippen LogP contribution is -2.13. The van der Waals surface area contributed by atoms with Gasteiger partial charge in [-0.1, -0.05) is 30.3 Å². The van der Waals surface area contributed by atoms with E-state index in [9.17, 15) is 9.18 Å². The van der Waals surface area contributed by atoms with Crippen molar-refractivity contribution in [2.45, 2.75) is 46.6 Å². The van der Waals surface area contributed by atoms with Crippen LogP contribution in [0.25, 0.3) is 0 Å². The summed E-state index contributed by atoms with van der Waals surface area (Å²) in [5.74, 6) is 0.0322. The molecule has 3 N–H and O–H groups in total. The number of hydrazone groups is 1. The lowest BCUT2D eigenvalue weighted by Gasteiger charge is -2.18. The molecule has 0 spiro atoms. The van der Waals surface area contributed by atoms with E-state index < -0.39 is 5.82 Å². The Morgan fingerprint density at radius 1 is 1.41 bits per heavy atom. The van der Waals surface area contributed by atoms with Gasteiger partial charge in [-0.2, -0.15) is 10.2 Å². The van der Waals surface area contributed by atoms with E-state index in [-0.39, 0.29) is 12.4 Å². The quantitative estimate of drug-likeness (QED) is 0.296. The number of nitrogens with one attached hydrogen (secondary N) is 1. The highest BCUT2D eigenvalue weighted by molar-refractivity contribution is 8.07. The van der Waals surface area contributed by atoms with Crippen molar-refractivity contribution in [1.82, 2.24) is 20.2 Å². The summed E-state index contributed by atoms with van der Waals surface area (Å²) in [5.41, 5.74) is 9.87. The average Bonchev–Trinajstić information content (AvgIpc) is 3.27. The predicted molar refractivity (Wildman–Crippen MR) is 136 cm³/mol. The highest BCUT2D eigenvalue weighted by atomic mass is 32.2. The Morgan fingerprint density at radius 2 is 2.21 bits per heavy atom. The number of anilines is 1. The van der Waals surface area contributed by atoms with Crippen LogP contribution in [0.3, 0.4) is 0 Å². The number of nitrogens with two attached hydrogens (primary N) is 1. The minimum Gasteiger partial charge on any atom is -0.384 e. The number of hydrogen-bond acceptors (Lipinski definition) is 7. The molecule has 34 heavy (non-hydrogen) atoms. The molecule has 0 saturated heterocycles. The van der Waals surface area contributed by atoms with Crippen molar-refractivity contribution in [1.29, 1.82) is 0 Å². The minimum absolute atomic E-state index is 0.129. The predicted octanol–water partition coefficient (Wildman–Crippen LogP) is 5.02. The molecule has 0 aliphatic heterocycles. The van der Waals surface area contributed by atoms with Crippen molar-refractivity contribution >= 4 is 30.1 Å². The van der Waals surface area contributed by atoms with Crippen LogP contribution in [-0.4, -0.2) is 39.7 Å². The SMILES string of the molecule is C/C=C(\Cc1cc[nH]n1)SC1=C(C)C(C)CCC(C=O)=C1/C=N\N(C)Cc1cc(F)cc(N)n1. The minimum atomic E-state index is -0.434. The maximum atomic E-state index is 13.7. The van der Waals surface area contributed by atoms with Gasteiger partial charge in [-0.05, 0) is 49.6 Å². The molecule has 180 valence electrons. The van der Waals surface area contributed by atoms with E-state index in [0.29, 0.717) is 24.5 Å². The van der Waals surface area contributed by atoms with E-state index in [0.717, 1.165) is 39.4 Å². The third kappa shape index (κ3) is 6.66. The number of nitrogen functional groups attached to an aromatic ring is 1. The number of aromatic amines is 1. The number of H-pyrrole nitrogens is 1. The molecule has 9 heteroatoms. The zero-order chi connectivity index (χ0) is 24.7. The molecule has 1 atom stereocenters. The summed E-state index contributed by atoms with van der Waals surface area (Å²) in [6.45, 7) is 6.60. The number of halogens is 1. The van der Waals surface area contributed by atoms with Gasteiger partial charge in [-0.25, -0.2) is 9.37 Å². The van der Waals surface area contributed by atoms with Crippen LogP contribution in [0.4, 0.5) is 10.2 Å². The summed E-state index contributed by atoms with van der Waals surface area (Å²) in [7, 11) is 1.78. The third-order valence-corrected chi connectivity index (χ3v) is 7.17. The Morgan fingerprint density at radius 3 is 2.85 bits per heavy atom. The molecule has 1 aliphatic carbocycles. The van der Waals surface area contributed by atoms with Gasteiger partial charge in [-0.15, -0.1) is 0 Å². The molecule has 0 bridgehead atoms. The van der Waals surface area contributed by atoms with Crippen molar-refractivity contribution in [3.8, 4) is 0 Å². The van der Waals surface area contributed by atoms with Crippen LogP contribution < -0.4 is 5.73 Å². The van der Waals surface area contributed by atoms with Crippen molar-refractivity contribution < 1.29 is 9.18 Å². The number of rotatable bonds is 9. The van der Waals surface area contributed by atoms with Crippen molar-refractivity contribution in [2.24, 2.45) is 11.0 Å². The maximum absolute atomic E-state index is 13.7. The summed E-state index contributed by atoms with van der Waals surface area (Å²) < 4.78 is 13.7. The Labute approximate surface area is 204 Å². The topological polar surface area (TPSA) is 100 Å². The number of aromatic nitrogens is 3. The Kier molecular flexibility index (Phi) is 8.81. The number of hydrogen-bond donors (Lipinski definition) is 2. The molecular weight excluding hydrogens is 451 g/mol. The third-order valence-electron chi connectivity index (χ3n) is 5.78. The molecule has 2 heterocycles. The lowest BCUT2D eigenvalue weighted by atomic mass is 9.98. The molecule has 2 aromatic heterocycles. The van der Waals surface area contributed by atoms with Crippen LogP contribution in [0.15, 0.2) is 62.1 Å². The number of carbonyl (C=O) groups excluding carboxylic acids is 1. The van der Waals surface area contributed by atoms with E-state index in [1.807, 2.05) is 19.2 Å². The number of carbonyl (C=O) groups is 1. The second kappa shape index (κ2) is 11.8. The maximum Gasteiger partial charge on any atom is 0.146 e. The van der Waals surface area contributed by atoms with Gasteiger partial charge in [0.05, 0.1) is 24.1 Å². The summed E-state index contributed by atoms with van der Waals surface area (Å²) in [6, 6.07) is 4.47. The summed E-state index contributed by atoms with van der Waals surface area (Å²) in [6.07, 6.45) is 8.84. The number of aldehydes is 1. The van der Waals surface area contributed by atoms with E-state index in [1.165, 1.54) is 17.7 Å². The van der Waals surface area contributed by atoms with Crippen molar-refractivity contribution in [2.75, 3.05) is 12.8 Å². The van der Waals surface area contributed by atoms with E-state index in [2.05, 4.69) is 40.2 Å². The van der Waals surface area contributed by atoms with Crippen LogP contribution in [0.5, 0.6) is 0 Å². The first-order valence-corrected chi connectivity index (χ1v) is 12.0. The van der Waals surface area contributed by atoms with E-state index in [4.69, 9.17) is 5.73 Å². The molecule has 0 amide bonds.